The molecule has 0 saturated carbocycles. The van der Waals surface area contributed by atoms with Gasteiger partial charge < -0.3 is 14.4 Å². The van der Waals surface area contributed by atoms with Crippen LogP contribution in [0.25, 0.3) is 0 Å². The van der Waals surface area contributed by atoms with Gasteiger partial charge in [0.15, 0.2) is 0 Å². The lowest BCUT2D eigenvalue weighted by Gasteiger charge is -2.53. The van der Waals surface area contributed by atoms with Crippen molar-refractivity contribution in [3.05, 3.63) is 24.3 Å². The van der Waals surface area contributed by atoms with Crippen molar-refractivity contribution in [3.8, 4) is 0 Å². The van der Waals surface area contributed by atoms with Crippen LogP contribution < -0.4 is 0 Å². The summed E-state index contributed by atoms with van der Waals surface area (Å²) in [5.74, 6) is 0.573. The fourth-order valence-corrected chi connectivity index (χ4v) is 3.24. The van der Waals surface area contributed by atoms with Crippen molar-refractivity contribution in [2.45, 2.75) is 24.9 Å². The number of aromatic nitrogens is 2. The molecule has 2 saturated heterocycles. The number of nitrogens with zero attached hydrogens (tertiary/aromatic N) is 3. The molecule has 1 aromatic heterocycles. The highest BCUT2D eigenvalue weighted by Crippen LogP contribution is 2.38. The van der Waals surface area contributed by atoms with Gasteiger partial charge in [-0.3, -0.25) is 9.78 Å². The minimum Gasteiger partial charge on any atom is -0.385 e. The van der Waals surface area contributed by atoms with Gasteiger partial charge in [0, 0.05) is 32.7 Å². The predicted molar refractivity (Wildman–Crippen MR) is 75.8 cm³/mol. The molecule has 2 aliphatic heterocycles. The standard InChI is InChI=1S/C15H21N3O3/c1-20-6-2-12-3-7-21-15(8-12)10-18(11-15)14(19)13-9-16-4-5-17-13/h4-5,9,12H,2-3,6-8,10-11H2,1H3/t12-/m0/s1. The van der Waals surface area contributed by atoms with Crippen molar-refractivity contribution in [1.82, 2.24) is 14.9 Å². The van der Waals surface area contributed by atoms with Crippen molar-refractivity contribution in [1.29, 1.82) is 0 Å². The maximum atomic E-state index is 12.3. The fraction of sp³-hybridized carbons (Fsp3) is 0.667. The smallest absolute Gasteiger partial charge is 0.274 e. The minimum atomic E-state index is -0.144. The van der Waals surface area contributed by atoms with Gasteiger partial charge in [0.05, 0.1) is 19.3 Å². The molecule has 21 heavy (non-hydrogen) atoms. The molecule has 6 heteroatoms. The number of carbonyl (C=O) groups is 1. The second-order valence-electron chi connectivity index (χ2n) is 5.92. The number of hydrogen-bond acceptors (Lipinski definition) is 5. The van der Waals surface area contributed by atoms with Gasteiger partial charge in [0.25, 0.3) is 5.91 Å². The van der Waals surface area contributed by atoms with E-state index in [-0.39, 0.29) is 11.5 Å². The molecule has 0 N–H and O–H groups in total. The van der Waals surface area contributed by atoms with Crippen LogP contribution in [0.15, 0.2) is 18.6 Å². The first-order chi connectivity index (χ1) is 10.2. The molecular formula is C15H21N3O3. The number of carbonyl (C=O) groups excluding carboxylic acids is 1. The van der Waals surface area contributed by atoms with E-state index in [1.807, 2.05) is 0 Å². The van der Waals surface area contributed by atoms with E-state index in [1.165, 1.54) is 6.20 Å². The monoisotopic (exact) mass is 291 g/mol. The van der Waals surface area contributed by atoms with Crippen LogP contribution in [0.3, 0.4) is 0 Å². The Morgan fingerprint density at radius 1 is 1.52 bits per heavy atom. The molecule has 0 bridgehead atoms. The molecule has 2 fully saturated rings. The van der Waals surface area contributed by atoms with E-state index in [0.717, 1.165) is 32.5 Å². The van der Waals surface area contributed by atoms with E-state index in [2.05, 4.69) is 9.97 Å². The lowest BCUT2D eigenvalue weighted by atomic mass is 9.79. The van der Waals surface area contributed by atoms with Gasteiger partial charge in [-0.25, -0.2) is 4.98 Å². The molecule has 6 nitrogen and oxygen atoms in total. The maximum absolute atomic E-state index is 12.3. The number of ether oxygens (including phenoxy) is 2. The van der Waals surface area contributed by atoms with Crippen molar-refractivity contribution < 1.29 is 14.3 Å². The molecule has 0 radical (unpaired) electrons. The quantitative estimate of drug-likeness (QED) is 0.832. The summed E-state index contributed by atoms with van der Waals surface area (Å²) in [7, 11) is 1.74. The third kappa shape index (κ3) is 3.06. The first-order valence-corrected chi connectivity index (χ1v) is 7.41. The van der Waals surface area contributed by atoms with E-state index < -0.39 is 0 Å². The zero-order chi connectivity index (χ0) is 14.7. The number of rotatable bonds is 4. The molecule has 0 unspecified atom stereocenters. The normalized spacial score (nSPS) is 23.9. The Kier molecular flexibility index (Phi) is 4.17. The minimum absolute atomic E-state index is 0.0589. The molecule has 3 rings (SSSR count). The first kappa shape index (κ1) is 14.4. The summed E-state index contributed by atoms with van der Waals surface area (Å²) in [6.07, 6.45) is 7.79. The Bertz CT molecular complexity index is 488. The molecule has 0 aliphatic carbocycles. The van der Waals surface area contributed by atoms with E-state index in [9.17, 15) is 4.79 Å². The molecule has 3 heterocycles. The Balaban J connectivity index is 1.55. The fourth-order valence-electron chi connectivity index (χ4n) is 3.24. The summed E-state index contributed by atoms with van der Waals surface area (Å²) in [6.45, 7) is 2.89. The third-order valence-electron chi connectivity index (χ3n) is 4.35. The highest BCUT2D eigenvalue weighted by molar-refractivity contribution is 5.92. The van der Waals surface area contributed by atoms with Crippen LogP contribution in [0.4, 0.5) is 0 Å². The molecule has 1 atom stereocenters. The molecule has 0 aromatic carbocycles. The van der Waals surface area contributed by atoms with Gasteiger partial charge in [-0.15, -0.1) is 0 Å². The second-order valence-corrected chi connectivity index (χ2v) is 5.92. The summed E-state index contributed by atoms with van der Waals surface area (Å²) in [6, 6.07) is 0. The van der Waals surface area contributed by atoms with Gasteiger partial charge in [0.1, 0.15) is 11.3 Å². The molecule has 1 aromatic rings. The summed E-state index contributed by atoms with van der Waals surface area (Å²) in [5, 5.41) is 0. The van der Waals surface area contributed by atoms with E-state index >= 15 is 0 Å². The Labute approximate surface area is 124 Å². The van der Waals surface area contributed by atoms with Gasteiger partial charge in [-0.05, 0) is 25.2 Å². The molecule has 114 valence electrons. The van der Waals surface area contributed by atoms with Crippen LogP contribution >= 0.6 is 0 Å². The molecule has 2 aliphatic rings. The summed E-state index contributed by atoms with van der Waals surface area (Å²) in [4.78, 5) is 22.0. The van der Waals surface area contributed by atoms with Crippen molar-refractivity contribution >= 4 is 5.91 Å². The zero-order valence-electron chi connectivity index (χ0n) is 12.3. The maximum Gasteiger partial charge on any atom is 0.274 e. The highest BCUT2D eigenvalue weighted by Gasteiger charge is 2.49. The van der Waals surface area contributed by atoms with E-state index in [4.69, 9.17) is 9.47 Å². The SMILES string of the molecule is COCC[C@H]1CCOC2(C1)CN(C(=O)c1cnccn1)C2. The first-order valence-electron chi connectivity index (χ1n) is 7.41. The average molecular weight is 291 g/mol. The van der Waals surface area contributed by atoms with Crippen molar-refractivity contribution in [2.75, 3.05) is 33.4 Å². The largest absolute Gasteiger partial charge is 0.385 e. The van der Waals surface area contributed by atoms with Gasteiger partial charge in [-0.1, -0.05) is 0 Å². The highest BCUT2D eigenvalue weighted by atomic mass is 16.5. The Morgan fingerprint density at radius 3 is 3.10 bits per heavy atom. The predicted octanol–water partition coefficient (Wildman–Crippen LogP) is 1.13. The van der Waals surface area contributed by atoms with E-state index in [0.29, 0.717) is 24.7 Å². The van der Waals surface area contributed by atoms with E-state index in [1.54, 1.807) is 24.4 Å². The van der Waals surface area contributed by atoms with Crippen LogP contribution in [0.1, 0.15) is 29.8 Å². The average Bonchev–Trinajstić information content (AvgIpc) is 2.51. The molecule has 1 spiro atoms. The Morgan fingerprint density at radius 2 is 2.38 bits per heavy atom. The summed E-state index contributed by atoms with van der Waals surface area (Å²) in [5.41, 5.74) is 0.258. The summed E-state index contributed by atoms with van der Waals surface area (Å²) < 4.78 is 11.1. The lowest BCUT2D eigenvalue weighted by Crippen LogP contribution is -2.66. The van der Waals surface area contributed by atoms with Crippen molar-refractivity contribution in [3.63, 3.8) is 0 Å². The van der Waals surface area contributed by atoms with Crippen LogP contribution in [-0.4, -0.2) is 59.8 Å². The second kappa shape index (κ2) is 6.07. The molecule has 1 amide bonds. The topological polar surface area (TPSA) is 64.6 Å². The zero-order valence-corrected chi connectivity index (χ0v) is 12.3. The lowest BCUT2D eigenvalue weighted by molar-refractivity contribution is -0.167. The summed E-state index contributed by atoms with van der Waals surface area (Å²) >= 11 is 0. The number of amides is 1. The van der Waals surface area contributed by atoms with Gasteiger partial charge in [-0.2, -0.15) is 0 Å². The third-order valence-corrected chi connectivity index (χ3v) is 4.35. The van der Waals surface area contributed by atoms with Crippen LogP contribution in [0.5, 0.6) is 0 Å². The van der Waals surface area contributed by atoms with Crippen LogP contribution in [0.2, 0.25) is 0 Å². The van der Waals surface area contributed by atoms with Gasteiger partial charge in [0.2, 0.25) is 0 Å². The number of hydrogen-bond donors (Lipinski definition) is 0. The molecular weight excluding hydrogens is 270 g/mol. The number of methoxy groups -OCH3 is 1. The Hall–Kier alpha value is -1.53. The van der Waals surface area contributed by atoms with Gasteiger partial charge >= 0.3 is 0 Å². The number of likely N-dealkylation sites (tertiary alicyclic amines) is 1. The van der Waals surface area contributed by atoms with Crippen LogP contribution in [0, 0.1) is 5.92 Å². The van der Waals surface area contributed by atoms with Crippen LogP contribution in [-0.2, 0) is 9.47 Å². The van der Waals surface area contributed by atoms with Crippen molar-refractivity contribution in [2.24, 2.45) is 5.92 Å².